The Labute approximate surface area is 139 Å². The van der Waals surface area contributed by atoms with Crippen LogP contribution in [0.4, 0.5) is 13.2 Å². The smallest absolute Gasteiger partial charge is 0.380 e. The van der Waals surface area contributed by atoms with Crippen LogP contribution in [0.25, 0.3) is 0 Å². The number of hydrogen-bond donors (Lipinski definition) is 0. The van der Waals surface area contributed by atoms with Gasteiger partial charge in [-0.25, -0.2) is 0 Å². The second kappa shape index (κ2) is 7.13. The van der Waals surface area contributed by atoms with E-state index < -0.39 is 18.6 Å². The molecule has 0 spiro atoms. The number of carbonyl (C=O) groups excluding carboxylic acids is 1. The summed E-state index contributed by atoms with van der Waals surface area (Å²) < 4.78 is 44.3. The van der Waals surface area contributed by atoms with Crippen molar-refractivity contribution in [2.24, 2.45) is 0 Å². The molecular weight excluding hydrogens is 323 g/mol. The van der Waals surface area contributed by atoms with Gasteiger partial charge in [-0.05, 0) is 34.1 Å². The Morgan fingerprint density at radius 2 is 2.04 bits per heavy atom. The van der Waals surface area contributed by atoms with Crippen LogP contribution < -0.4 is 0 Å². The Balaban J connectivity index is 2.25. The molecule has 2 heterocycles. The van der Waals surface area contributed by atoms with E-state index in [0.29, 0.717) is 36.7 Å². The maximum atomic E-state index is 12.9. The molecule has 0 radical (unpaired) electrons. The van der Waals surface area contributed by atoms with Gasteiger partial charge in [0, 0.05) is 30.5 Å². The molecule has 0 bridgehead atoms. The van der Waals surface area contributed by atoms with Crippen LogP contribution in [-0.2, 0) is 16.1 Å². The molecule has 24 heavy (non-hydrogen) atoms. The summed E-state index contributed by atoms with van der Waals surface area (Å²) in [5.74, 6) is -0.627. The number of ether oxygens (including phenoxy) is 1. The SMILES string of the molecule is Cc1nn(CC(F)(F)F)c(C)c1[C@H](C)C(=O)N1CCOCC[C@H]1C. The molecule has 1 aliphatic rings. The number of alkyl halides is 3. The lowest BCUT2D eigenvalue weighted by atomic mass is 9.96. The Morgan fingerprint density at radius 1 is 1.38 bits per heavy atom. The average Bonchev–Trinajstić information content (AvgIpc) is 2.64. The molecule has 1 fully saturated rings. The van der Waals surface area contributed by atoms with Crippen molar-refractivity contribution in [2.75, 3.05) is 19.8 Å². The van der Waals surface area contributed by atoms with Crippen LogP contribution in [-0.4, -0.2) is 52.6 Å². The third-order valence-electron chi connectivity index (χ3n) is 4.54. The zero-order valence-electron chi connectivity index (χ0n) is 14.5. The molecule has 1 amide bonds. The number of halogens is 3. The van der Waals surface area contributed by atoms with Crippen molar-refractivity contribution in [2.45, 2.75) is 58.8 Å². The predicted octanol–water partition coefficient (Wildman–Crippen LogP) is 2.80. The maximum Gasteiger partial charge on any atom is 0.408 e. The number of nitrogens with zero attached hydrogens (tertiary/aromatic N) is 3. The van der Waals surface area contributed by atoms with Crippen molar-refractivity contribution in [3.8, 4) is 0 Å². The van der Waals surface area contributed by atoms with Crippen LogP contribution in [0.15, 0.2) is 0 Å². The minimum Gasteiger partial charge on any atom is -0.380 e. The Kier molecular flexibility index (Phi) is 5.57. The summed E-state index contributed by atoms with van der Waals surface area (Å²) in [6.45, 7) is 7.37. The van der Waals surface area contributed by atoms with Gasteiger partial charge in [-0.15, -0.1) is 0 Å². The van der Waals surface area contributed by atoms with Gasteiger partial charge in [0.05, 0.1) is 18.2 Å². The second-order valence-corrected chi connectivity index (χ2v) is 6.36. The molecule has 1 aromatic heterocycles. The van der Waals surface area contributed by atoms with Gasteiger partial charge in [0.2, 0.25) is 5.91 Å². The van der Waals surface area contributed by atoms with Crippen LogP contribution in [0.5, 0.6) is 0 Å². The highest BCUT2D eigenvalue weighted by Crippen LogP contribution is 2.28. The first-order chi connectivity index (χ1) is 11.1. The molecule has 1 aromatic rings. The van der Waals surface area contributed by atoms with Crippen LogP contribution >= 0.6 is 0 Å². The third-order valence-corrected chi connectivity index (χ3v) is 4.54. The van der Waals surface area contributed by atoms with E-state index in [1.807, 2.05) is 6.92 Å². The van der Waals surface area contributed by atoms with Gasteiger partial charge in [-0.2, -0.15) is 18.3 Å². The van der Waals surface area contributed by atoms with Crippen LogP contribution in [0.2, 0.25) is 0 Å². The molecular formula is C16H24F3N3O2. The van der Waals surface area contributed by atoms with Crippen molar-refractivity contribution in [3.63, 3.8) is 0 Å². The third kappa shape index (κ3) is 4.09. The van der Waals surface area contributed by atoms with Crippen molar-refractivity contribution < 1.29 is 22.7 Å². The lowest BCUT2D eigenvalue weighted by molar-refractivity contribution is -0.143. The monoisotopic (exact) mass is 347 g/mol. The summed E-state index contributed by atoms with van der Waals surface area (Å²) in [6, 6.07) is 0.0493. The standard InChI is InChI=1S/C16H24F3N3O2/c1-10-5-7-24-8-6-21(10)15(23)11(2)14-12(3)20-22(13(14)4)9-16(17,18)19/h10-11H,5-9H2,1-4H3/t10-,11+/m1/s1. The largest absolute Gasteiger partial charge is 0.408 e. The zero-order valence-corrected chi connectivity index (χ0v) is 14.5. The molecule has 0 aliphatic carbocycles. The summed E-state index contributed by atoms with van der Waals surface area (Å²) in [5.41, 5.74) is 1.45. The Bertz CT molecular complexity index is 598. The number of aryl methyl sites for hydroxylation is 1. The predicted molar refractivity (Wildman–Crippen MR) is 82.8 cm³/mol. The maximum absolute atomic E-state index is 12.9. The lowest BCUT2D eigenvalue weighted by Crippen LogP contribution is -2.41. The molecule has 5 nitrogen and oxygen atoms in total. The van der Waals surface area contributed by atoms with Gasteiger partial charge in [0.15, 0.2) is 0 Å². The molecule has 8 heteroatoms. The first-order valence-corrected chi connectivity index (χ1v) is 8.10. The van der Waals surface area contributed by atoms with Gasteiger partial charge in [0.1, 0.15) is 6.54 Å². The molecule has 2 rings (SSSR count). The van der Waals surface area contributed by atoms with Crippen molar-refractivity contribution >= 4 is 5.91 Å². The highest BCUT2D eigenvalue weighted by molar-refractivity contribution is 5.84. The topological polar surface area (TPSA) is 47.4 Å². The van der Waals surface area contributed by atoms with Gasteiger partial charge in [-0.3, -0.25) is 9.48 Å². The highest BCUT2D eigenvalue weighted by Gasteiger charge is 2.33. The molecule has 0 aromatic carbocycles. The van der Waals surface area contributed by atoms with Crippen LogP contribution in [0.1, 0.15) is 43.1 Å². The van der Waals surface area contributed by atoms with Gasteiger partial charge in [-0.1, -0.05) is 0 Å². The van der Waals surface area contributed by atoms with Crippen LogP contribution in [0, 0.1) is 13.8 Å². The quantitative estimate of drug-likeness (QED) is 0.845. The number of aromatic nitrogens is 2. The molecule has 2 atom stereocenters. The normalized spacial score (nSPS) is 20.8. The molecule has 136 valence electrons. The van der Waals surface area contributed by atoms with Crippen molar-refractivity contribution in [3.05, 3.63) is 17.0 Å². The Hall–Kier alpha value is -1.57. The van der Waals surface area contributed by atoms with Gasteiger partial charge in [0.25, 0.3) is 0 Å². The van der Waals surface area contributed by atoms with Crippen LogP contribution in [0.3, 0.4) is 0 Å². The van der Waals surface area contributed by atoms with E-state index in [4.69, 9.17) is 4.74 Å². The summed E-state index contributed by atoms with van der Waals surface area (Å²) in [6.07, 6.45) is -3.59. The fourth-order valence-corrected chi connectivity index (χ4v) is 3.26. The molecule has 1 aliphatic heterocycles. The van der Waals surface area contributed by atoms with E-state index in [1.165, 1.54) is 0 Å². The van der Waals surface area contributed by atoms with E-state index in [2.05, 4.69) is 5.10 Å². The minimum atomic E-state index is -4.34. The number of amides is 1. The lowest BCUT2D eigenvalue weighted by Gasteiger charge is -2.29. The minimum absolute atomic E-state index is 0.0493. The fraction of sp³-hybridized carbons (Fsp3) is 0.750. The summed E-state index contributed by atoms with van der Waals surface area (Å²) in [7, 11) is 0. The zero-order chi connectivity index (χ0) is 18.1. The van der Waals surface area contributed by atoms with Crippen molar-refractivity contribution in [1.29, 1.82) is 0 Å². The van der Waals surface area contributed by atoms with E-state index in [-0.39, 0.29) is 11.9 Å². The number of rotatable bonds is 3. The van der Waals surface area contributed by atoms with Crippen molar-refractivity contribution in [1.82, 2.24) is 14.7 Å². The van der Waals surface area contributed by atoms with Gasteiger partial charge >= 0.3 is 6.18 Å². The molecule has 0 N–H and O–H groups in total. The molecule has 0 unspecified atom stereocenters. The average molecular weight is 347 g/mol. The number of carbonyl (C=O) groups is 1. The summed E-state index contributed by atoms with van der Waals surface area (Å²) >= 11 is 0. The molecule has 0 saturated carbocycles. The first-order valence-electron chi connectivity index (χ1n) is 8.10. The first kappa shape index (κ1) is 18.8. The van der Waals surface area contributed by atoms with E-state index in [1.54, 1.807) is 25.7 Å². The molecule has 1 saturated heterocycles. The van der Waals surface area contributed by atoms with E-state index in [0.717, 1.165) is 11.1 Å². The van der Waals surface area contributed by atoms with Gasteiger partial charge < -0.3 is 9.64 Å². The summed E-state index contributed by atoms with van der Waals surface area (Å²) in [4.78, 5) is 14.6. The number of hydrogen-bond acceptors (Lipinski definition) is 3. The fourth-order valence-electron chi connectivity index (χ4n) is 3.26. The Morgan fingerprint density at radius 3 is 2.67 bits per heavy atom. The second-order valence-electron chi connectivity index (χ2n) is 6.36. The summed E-state index contributed by atoms with van der Waals surface area (Å²) in [5, 5.41) is 3.98. The van der Waals surface area contributed by atoms with E-state index >= 15 is 0 Å². The highest BCUT2D eigenvalue weighted by atomic mass is 19.4. The van der Waals surface area contributed by atoms with E-state index in [9.17, 15) is 18.0 Å².